The first-order valence-corrected chi connectivity index (χ1v) is 8.00. The molecular formula is C18H16ClFN2O3. The first kappa shape index (κ1) is 17.1. The van der Waals surface area contributed by atoms with Crippen molar-refractivity contribution in [1.29, 1.82) is 0 Å². The number of methoxy groups -OCH3 is 1. The van der Waals surface area contributed by atoms with E-state index >= 15 is 0 Å². The summed E-state index contributed by atoms with van der Waals surface area (Å²) < 4.78 is 23.7. The number of nitrogens with one attached hydrogen (secondary N) is 2. The fourth-order valence-electron chi connectivity index (χ4n) is 2.52. The maximum Gasteiger partial charge on any atom is 0.354 e. The van der Waals surface area contributed by atoms with Crippen LogP contribution in [0, 0.1) is 5.82 Å². The zero-order chi connectivity index (χ0) is 18.0. The van der Waals surface area contributed by atoms with E-state index < -0.39 is 11.8 Å². The molecule has 0 fully saturated rings. The van der Waals surface area contributed by atoms with Crippen LogP contribution in [0.5, 0.6) is 5.75 Å². The number of benzene rings is 2. The van der Waals surface area contributed by atoms with Gasteiger partial charge in [-0.15, -0.1) is 0 Å². The second kappa shape index (κ2) is 7.03. The summed E-state index contributed by atoms with van der Waals surface area (Å²) in [6.07, 6.45) is 0. The maximum absolute atomic E-state index is 13.3. The Morgan fingerprint density at radius 1 is 1.28 bits per heavy atom. The normalized spacial score (nSPS) is 10.7. The Morgan fingerprint density at radius 3 is 2.76 bits per heavy atom. The van der Waals surface area contributed by atoms with E-state index in [1.54, 1.807) is 38.3 Å². The van der Waals surface area contributed by atoms with Gasteiger partial charge in [0, 0.05) is 16.8 Å². The molecule has 0 aliphatic heterocycles. The molecule has 0 amide bonds. The number of carbonyl (C=O) groups is 1. The van der Waals surface area contributed by atoms with Gasteiger partial charge in [-0.25, -0.2) is 9.18 Å². The van der Waals surface area contributed by atoms with Gasteiger partial charge in [-0.2, -0.15) is 0 Å². The van der Waals surface area contributed by atoms with Gasteiger partial charge in [0.25, 0.3) is 0 Å². The van der Waals surface area contributed by atoms with Crippen LogP contribution >= 0.6 is 11.6 Å². The molecule has 1 heterocycles. The quantitative estimate of drug-likeness (QED) is 0.634. The SMILES string of the molecule is CCOC(=O)c1cc2c(Nc3ccc(F)c(Cl)c3)ccc(OC)c2[nH]1. The van der Waals surface area contributed by atoms with E-state index in [2.05, 4.69) is 10.3 Å². The average molecular weight is 363 g/mol. The molecule has 0 saturated heterocycles. The summed E-state index contributed by atoms with van der Waals surface area (Å²) >= 11 is 5.82. The minimum Gasteiger partial charge on any atom is -0.495 e. The summed E-state index contributed by atoms with van der Waals surface area (Å²) in [6, 6.07) is 9.61. The number of anilines is 2. The third-order valence-electron chi connectivity index (χ3n) is 3.67. The van der Waals surface area contributed by atoms with E-state index in [1.807, 2.05) is 0 Å². The molecule has 0 radical (unpaired) electrons. The molecule has 0 atom stereocenters. The highest BCUT2D eigenvalue weighted by Crippen LogP contribution is 2.34. The molecule has 0 spiro atoms. The van der Waals surface area contributed by atoms with Gasteiger partial charge in [0.1, 0.15) is 17.3 Å². The zero-order valence-electron chi connectivity index (χ0n) is 13.7. The van der Waals surface area contributed by atoms with Crippen LogP contribution < -0.4 is 10.1 Å². The largest absolute Gasteiger partial charge is 0.495 e. The minimum atomic E-state index is -0.488. The van der Waals surface area contributed by atoms with Crippen LogP contribution in [0.3, 0.4) is 0 Å². The number of halogens is 2. The van der Waals surface area contributed by atoms with E-state index in [-0.39, 0.29) is 11.6 Å². The number of rotatable bonds is 5. The molecule has 5 nitrogen and oxygen atoms in total. The van der Waals surface area contributed by atoms with Gasteiger partial charge in [0.15, 0.2) is 0 Å². The van der Waals surface area contributed by atoms with E-state index in [4.69, 9.17) is 21.1 Å². The topological polar surface area (TPSA) is 63.4 Å². The van der Waals surface area contributed by atoms with Crippen molar-refractivity contribution in [3.8, 4) is 5.75 Å². The lowest BCUT2D eigenvalue weighted by Gasteiger charge is -2.10. The van der Waals surface area contributed by atoms with E-state index in [9.17, 15) is 9.18 Å². The van der Waals surface area contributed by atoms with Gasteiger partial charge in [0.05, 0.1) is 24.3 Å². The van der Waals surface area contributed by atoms with Gasteiger partial charge < -0.3 is 19.8 Å². The predicted molar refractivity (Wildman–Crippen MR) is 95.5 cm³/mol. The molecule has 0 unspecified atom stereocenters. The van der Waals surface area contributed by atoms with Crippen molar-refractivity contribution in [3.05, 3.63) is 52.9 Å². The molecule has 0 bridgehead atoms. The van der Waals surface area contributed by atoms with Gasteiger partial charge in [0.2, 0.25) is 0 Å². The van der Waals surface area contributed by atoms with Crippen molar-refractivity contribution in [2.75, 3.05) is 19.0 Å². The summed E-state index contributed by atoms with van der Waals surface area (Å²) in [6.45, 7) is 2.02. The number of H-pyrrole nitrogens is 1. The monoisotopic (exact) mass is 362 g/mol. The molecule has 130 valence electrons. The molecule has 0 aliphatic rings. The number of esters is 1. The fourth-order valence-corrected chi connectivity index (χ4v) is 2.70. The summed E-state index contributed by atoms with van der Waals surface area (Å²) in [4.78, 5) is 15.0. The highest BCUT2D eigenvalue weighted by molar-refractivity contribution is 6.31. The molecule has 0 aliphatic carbocycles. The van der Waals surface area contributed by atoms with Crippen LogP contribution in [0.2, 0.25) is 5.02 Å². The molecule has 2 N–H and O–H groups in total. The summed E-state index contributed by atoms with van der Waals surface area (Å²) in [7, 11) is 1.55. The Kier molecular flexibility index (Phi) is 4.81. The van der Waals surface area contributed by atoms with Gasteiger partial charge in [-0.05, 0) is 43.3 Å². The molecule has 0 saturated carbocycles. The highest BCUT2D eigenvalue weighted by atomic mass is 35.5. The van der Waals surface area contributed by atoms with Gasteiger partial charge >= 0.3 is 5.97 Å². The van der Waals surface area contributed by atoms with E-state index in [0.29, 0.717) is 28.3 Å². The van der Waals surface area contributed by atoms with Gasteiger partial charge in [-0.3, -0.25) is 0 Å². The molecule has 7 heteroatoms. The second-order valence-corrected chi connectivity index (χ2v) is 5.67. The van der Waals surface area contributed by atoms with Crippen LogP contribution in [0.15, 0.2) is 36.4 Å². The van der Waals surface area contributed by atoms with E-state index in [0.717, 1.165) is 5.39 Å². The predicted octanol–water partition coefficient (Wildman–Crippen LogP) is 4.89. The van der Waals surface area contributed by atoms with Gasteiger partial charge in [-0.1, -0.05) is 11.6 Å². The summed E-state index contributed by atoms with van der Waals surface area (Å²) in [5.74, 6) is -0.344. The molecular weight excluding hydrogens is 347 g/mol. The molecule has 25 heavy (non-hydrogen) atoms. The summed E-state index contributed by atoms with van der Waals surface area (Å²) in [5, 5.41) is 3.93. The van der Waals surface area contributed by atoms with Crippen LogP contribution in [0.25, 0.3) is 10.9 Å². The number of carbonyl (C=O) groups excluding carboxylic acids is 1. The Labute approximate surface area is 148 Å². The number of hydrogen-bond donors (Lipinski definition) is 2. The number of fused-ring (bicyclic) bond motifs is 1. The standard InChI is InChI=1S/C18H16ClFN2O3/c1-3-25-18(23)15-9-11-14(6-7-16(24-2)17(11)22-15)21-10-4-5-13(20)12(19)8-10/h4-9,21-22H,3H2,1-2H3. The van der Waals surface area contributed by atoms with E-state index in [1.165, 1.54) is 12.1 Å². The minimum absolute atomic E-state index is 0.0241. The lowest BCUT2D eigenvalue weighted by atomic mass is 10.2. The van der Waals surface area contributed by atoms with Crippen molar-refractivity contribution in [2.24, 2.45) is 0 Å². The zero-order valence-corrected chi connectivity index (χ0v) is 14.4. The number of aromatic amines is 1. The number of aromatic nitrogens is 1. The van der Waals surface area contributed by atoms with Crippen LogP contribution in [-0.2, 0) is 4.74 Å². The number of hydrogen-bond acceptors (Lipinski definition) is 4. The van der Waals surface area contributed by atoms with Crippen molar-refractivity contribution in [1.82, 2.24) is 4.98 Å². The molecule has 1 aromatic heterocycles. The fraction of sp³-hybridized carbons (Fsp3) is 0.167. The lowest BCUT2D eigenvalue weighted by molar-refractivity contribution is 0.0520. The van der Waals surface area contributed by atoms with Crippen molar-refractivity contribution >= 4 is 39.8 Å². The Balaban J connectivity index is 2.05. The van der Waals surface area contributed by atoms with Crippen molar-refractivity contribution in [3.63, 3.8) is 0 Å². The third-order valence-corrected chi connectivity index (χ3v) is 3.96. The first-order chi connectivity index (χ1) is 12.0. The first-order valence-electron chi connectivity index (χ1n) is 7.62. The summed E-state index contributed by atoms with van der Waals surface area (Å²) in [5.41, 5.74) is 2.31. The second-order valence-electron chi connectivity index (χ2n) is 5.26. The lowest BCUT2D eigenvalue weighted by Crippen LogP contribution is -2.04. The van der Waals surface area contributed by atoms with Crippen LogP contribution in [0.1, 0.15) is 17.4 Å². The Bertz CT molecular complexity index is 939. The molecule has 3 aromatic rings. The smallest absolute Gasteiger partial charge is 0.354 e. The Morgan fingerprint density at radius 2 is 2.08 bits per heavy atom. The third kappa shape index (κ3) is 3.39. The average Bonchev–Trinajstić information content (AvgIpc) is 3.04. The highest BCUT2D eigenvalue weighted by Gasteiger charge is 2.16. The number of ether oxygens (including phenoxy) is 2. The van der Waals surface area contributed by atoms with Crippen molar-refractivity contribution < 1.29 is 18.7 Å². The molecule has 2 aromatic carbocycles. The molecule has 3 rings (SSSR count). The van der Waals surface area contributed by atoms with Crippen molar-refractivity contribution in [2.45, 2.75) is 6.92 Å². The van der Waals surface area contributed by atoms with Crippen LogP contribution in [-0.4, -0.2) is 24.7 Å². The Hall–Kier alpha value is -2.73. The maximum atomic E-state index is 13.3. The van der Waals surface area contributed by atoms with Crippen LogP contribution in [0.4, 0.5) is 15.8 Å².